The molecule has 0 radical (unpaired) electrons. The number of hydrogen-bond donors (Lipinski definition) is 4. The van der Waals surface area contributed by atoms with Gasteiger partial charge >= 0.3 is 5.97 Å². The van der Waals surface area contributed by atoms with E-state index in [9.17, 15) is 4.79 Å². The van der Waals surface area contributed by atoms with Crippen LogP contribution in [0, 0.1) is 0 Å². The summed E-state index contributed by atoms with van der Waals surface area (Å²) in [4.78, 5) is 10.3. The first kappa shape index (κ1) is 25.9. The lowest BCUT2D eigenvalue weighted by Gasteiger charge is -2.07. The Balaban J connectivity index is 0. The van der Waals surface area contributed by atoms with E-state index in [0.717, 1.165) is 26.2 Å². The van der Waals surface area contributed by atoms with Crippen LogP contribution in [0.25, 0.3) is 0 Å². The standard InChI is InChI=1S/C18H39N3O2.ClH/c1-2-3-4-5-6-7-8-9-10-11-12-19-13-14-20-15-16-21-17-18(22)23;/h19-21H,2-17H2,1H3,(H,22,23);1H. The van der Waals surface area contributed by atoms with E-state index in [1.807, 2.05) is 0 Å². The molecule has 0 spiro atoms. The summed E-state index contributed by atoms with van der Waals surface area (Å²) < 4.78 is 0. The quantitative estimate of drug-likeness (QED) is 0.264. The average Bonchev–Trinajstić information content (AvgIpc) is 2.53. The van der Waals surface area contributed by atoms with Gasteiger partial charge in [0.05, 0.1) is 6.54 Å². The highest BCUT2D eigenvalue weighted by Gasteiger charge is 1.95. The number of aliphatic carboxylic acids is 1. The predicted octanol–water partition coefficient (Wildman–Crippen LogP) is 3.18. The van der Waals surface area contributed by atoms with E-state index >= 15 is 0 Å². The van der Waals surface area contributed by atoms with Crippen LogP contribution in [-0.2, 0) is 4.79 Å². The Kier molecular flexibility index (Phi) is 24.4. The third kappa shape index (κ3) is 23.9. The lowest BCUT2D eigenvalue weighted by molar-refractivity contribution is -0.135. The smallest absolute Gasteiger partial charge is 0.317 e. The summed E-state index contributed by atoms with van der Waals surface area (Å²) in [6.07, 6.45) is 13.8. The fourth-order valence-corrected chi connectivity index (χ4v) is 2.54. The highest BCUT2D eigenvalue weighted by atomic mass is 35.5. The molecule has 0 aliphatic carbocycles. The largest absolute Gasteiger partial charge is 0.480 e. The minimum atomic E-state index is -0.803. The number of carboxylic acid groups (broad SMARTS) is 1. The van der Waals surface area contributed by atoms with Crippen molar-refractivity contribution < 1.29 is 9.90 Å². The van der Waals surface area contributed by atoms with Crippen molar-refractivity contribution in [2.75, 3.05) is 39.3 Å². The average molecular weight is 366 g/mol. The van der Waals surface area contributed by atoms with Gasteiger partial charge in [-0.25, -0.2) is 0 Å². The van der Waals surface area contributed by atoms with Crippen LogP contribution in [0.2, 0.25) is 0 Å². The number of carbonyl (C=O) groups is 1. The van der Waals surface area contributed by atoms with E-state index in [1.54, 1.807) is 0 Å². The summed E-state index contributed by atoms with van der Waals surface area (Å²) in [5, 5.41) is 18.0. The topological polar surface area (TPSA) is 73.4 Å². The summed E-state index contributed by atoms with van der Waals surface area (Å²) in [7, 11) is 0. The van der Waals surface area contributed by atoms with Crippen molar-refractivity contribution in [2.24, 2.45) is 0 Å². The van der Waals surface area contributed by atoms with Crippen LogP contribution in [0.15, 0.2) is 0 Å². The molecule has 0 aromatic rings. The van der Waals surface area contributed by atoms with Crippen LogP contribution in [0.5, 0.6) is 0 Å². The molecule has 146 valence electrons. The Morgan fingerprint density at radius 1 is 0.667 bits per heavy atom. The number of unbranched alkanes of at least 4 members (excludes halogenated alkanes) is 9. The number of carboxylic acids is 1. The van der Waals surface area contributed by atoms with Crippen molar-refractivity contribution in [2.45, 2.75) is 71.1 Å². The van der Waals surface area contributed by atoms with Crippen LogP contribution in [0.3, 0.4) is 0 Å². The zero-order valence-electron chi connectivity index (χ0n) is 15.6. The predicted molar refractivity (Wildman–Crippen MR) is 105 cm³/mol. The minimum absolute atomic E-state index is 0. The minimum Gasteiger partial charge on any atom is -0.480 e. The van der Waals surface area contributed by atoms with Gasteiger partial charge in [0.15, 0.2) is 0 Å². The molecule has 24 heavy (non-hydrogen) atoms. The second-order valence-corrected chi connectivity index (χ2v) is 6.25. The SMILES string of the molecule is CCCCCCCCCCCCNCCNCCNCC(=O)O.Cl. The summed E-state index contributed by atoms with van der Waals surface area (Å²) in [5.41, 5.74) is 0. The Labute approximate surface area is 155 Å². The molecule has 0 unspecified atom stereocenters. The molecule has 5 nitrogen and oxygen atoms in total. The van der Waals surface area contributed by atoms with E-state index in [4.69, 9.17) is 5.11 Å². The van der Waals surface area contributed by atoms with Crippen LogP contribution in [0.1, 0.15) is 71.1 Å². The van der Waals surface area contributed by atoms with Gasteiger partial charge in [0.25, 0.3) is 0 Å². The first-order valence-electron chi connectivity index (χ1n) is 9.61. The van der Waals surface area contributed by atoms with E-state index < -0.39 is 5.97 Å². The third-order valence-corrected chi connectivity index (χ3v) is 3.94. The molecule has 0 bridgehead atoms. The van der Waals surface area contributed by atoms with Gasteiger partial charge in [-0.05, 0) is 13.0 Å². The maximum atomic E-state index is 10.3. The monoisotopic (exact) mass is 365 g/mol. The summed E-state index contributed by atoms with van der Waals surface area (Å²) in [5.74, 6) is -0.803. The van der Waals surface area contributed by atoms with E-state index in [-0.39, 0.29) is 19.0 Å². The Bertz CT molecular complexity index is 256. The van der Waals surface area contributed by atoms with Gasteiger partial charge in [0.1, 0.15) is 0 Å². The lowest BCUT2D eigenvalue weighted by atomic mass is 10.1. The molecule has 0 amide bonds. The molecule has 0 atom stereocenters. The van der Waals surface area contributed by atoms with Crippen molar-refractivity contribution in [1.29, 1.82) is 0 Å². The second-order valence-electron chi connectivity index (χ2n) is 6.25. The van der Waals surface area contributed by atoms with Crippen LogP contribution < -0.4 is 16.0 Å². The maximum absolute atomic E-state index is 10.3. The summed E-state index contributed by atoms with van der Waals surface area (Å²) >= 11 is 0. The van der Waals surface area contributed by atoms with Crippen LogP contribution in [-0.4, -0.2) is 50.3 Å². The third-order valence-electron chi connectivity index (χ3n) is 3.94. The van der Waals surface area contributed by atoms with Crippen molar-refractivity contribution in [3.05, 3.63) is 0 Å². The molecular weight excluding hydrogens is 326 g/mol. The molecule has 6 heteroatoms. The maximum Gasteiger partial charge on any atom is 0.317 e. The van der Waals surface area contributed by atoms with Gasteiger partial charge in [-0.2, -0.15) is 0 Å². The fraction of sp³-hybridized carbons (Fsp3) is 0.944. The number of halogens is 1. The Morgan fingerprint density at radius 2 is 1.08 bits per heavy atom. The van der Waals surface area contributed by atoms with Gasteiger partial charge in [-0.1, -0.05) is 64.7 Å². The molecule has 4 N–H and O–H groups in total. The zero-order chi connectivity index (χ0) is 17.0. The molecule has 0 rings (SSSR count). The molecule has 0 saturated heterocycles. The molecule has 0 saturated carbocycles. The molecule has 0 aromatic heterocycles. The summed E-state index contributed by atoms with van der Waals surface area (Å²) in [6, 6.07) is 0. The van der Waals surface area contributed by atoms with Crippen molar-refractivity contribution >= 4 is 18.4 Å². The molecule has 0 aliphatic rings. The van der Waals surface area contributed by atoms with Crippen LogP contribution in [0.4, 0.5) is 0 Å². The molecule has 0 aliphatic heterocycles. The summed E-state index contributed by atoms with van der Waals surface area (Å²) in [6.45, 7) is 6.85. The first-order chi connectivity index (χ1) is 11.3. The Morgan fingerprint density at radius 3 is 1.58 bits per heavy atom. The van der Waals surface area contributed by atoms with Gasteiger partial charge in [-0.3, -0.25) is 4.79 Å². The zero-order valence-corrected chi connectivity index (χ0v) is 16.4. The van der Waals surface area contributed by atoms with E-state index in [1.165, 1.54) is 64.2 Å². The molecule has 0 fully saturated rings. The van der Waals surface area contributed by atoms with Crippen molar-refractivity contribution in [1.82, 2.24) is 16.0 Å². The highest BCUT2D eigenvalue weighted by molar-refractivity contribution is 5.85. The fourth-order valence-electron chi connectivity index (χ4n) is 2.54. The Hall–Kier alpha value is -0.360. The number of nitrogens with one attached hydrogen (secondary N) is 3. The van der Waals surface area contributed by atoms with Crippen LogP contribution >= 0.6 is 12.4 Å². The second kappa shape index (κ2) is 22.6. The van der Waals surface area contributed by atoms with E-state index in [2.05, 4.69) is 22.9 Å². The van der Waals surface area contributed by atoms with Gasteiger partial charge in [0.2, 0.25) is 0 Å². The first-order valence-corrected chi connectivity index (χ1v) is 9.61. The highest BCUT2D eigenvalue weighted by Crippen LogP contribution is 2.10. The lowest BCUT2D eigenvalue weighted by Crippen LogP contribution is -2.34. The number of hydrogen-bond acceptors (Lipinski definition) is 4. The van der Waals surface area contributed by atoms with Gasteiger partial charge < -0.3 is 21.1 Å². The normalized spacial score (nSPS) is 10.5. The molecule has 0 heterocycles. The van der Waals surface area contributed by atoms with E-state index in [0.29, 0.717) is 6.54 Å². The van der Waals surface area contributed by atoms with Crippen molar-refractivity contribution in [3.8, 4) is 0 Å². The molecule has 0 aromatic carbocycles. The number of rotatable bonds is 19. The van der Waals surface area contributed by atoms with Gasteiger partial charge in [0, 0.05) is 26.2 Å². The van der Waals surface area contributed by atoms with Crippen molar-refractivity contribution in [3.63, 3.8) is 0 Å². The molecular formula is C18H40ClN3O2. The van der Waals surface area contributed by atoms with Gasteiger partial charge in [-0.15, -0.1) is 12.4 Å².